The molecule has 1 saturated heterocycles. The van der Waals surface area contributed by atoms with E-state index in [1.54, 1.807) is 0 Å². The van der Waals surface area contributed by atoms with Crippen molar-refractivity contribution in [2.24, 2.45) is 0 Å². The second kappa shape index (κ2) is 10.7. The molecule has 1 aliphatic carbocycles. The van der Waals surface area contributed by atoms with Crippen molar-refractivity contribution in [1.82, 2.24) is 35.0 Å². The third kappa shape index (κ3) is 4.75. The highest BCUT2D eigenvalue weighted by molar-refractivity contribution is 5.82. The van der Waals surface area contributed by atoms with Crippen molar-refractivity contribution in [2.45, 2.75) is 57.7 Å². The lowest BCUT2D eigenvalue weighted by Gasteiger charge is -2.39. The topological polar surface area (TPSA) is 101 Å². The Balaban J connectivity index is 1.19. The van der Waals surface area contributed by atoms with Gasteiger partial charge in [0.1, 0.15) is 6.04 Å². The van der Waals surface area contributed by atoms with Gasteiger partial charge in [0.05, 0.1) is 11.6 Å². The first-order valence-electron chi connectivity index (χ1n) is 14.4. The molecule has 208 valence electrons. The maximum atomic E-state index is 13.7. The summed E-state index contributed by atoms with van der Waals surface area (Å²) >= 11 is 0. The van der Waals surface area contributed by atoms with Crippen molar-refractivity contribution in [2.75, 3.05) is 33.0 Å². The Hall–Kier alpha value is -3.76. The van der Waals surface area contributed by atoms with Crippen LogP contribution < -0.4 is 15.0 Å². The molecule has 1 N–H and O–H groups in total. The number of nitrogens with one attached hydrogen (secondary N) is 1. The van der Waals surface area contributed by atoms with E-state index in [-0.39, 0.29) is 24.4 Å². The van der Waals surface area contributed by atoms with Crippen LogP contribution in [-0.4, -0.2) is 68.0 Å². The SMILES string of the molecule is Cc1cccc2cc([C@H](c3nnnn3C3CCCCC3)N3CCN(Cc4ccc5c(c4)OCO5)CC3)c(=O)[nH]c12. The molecular weight excluding hydrogens is 506 g/mol. The molecular formula is C30H35N7O3. The van der Waals surface area contributed by atoms with E-state index < -0.39 is 0 Å². The number of fused-ring (bicyclic) bond motifs is 2. The zero-order valence-electron chi connectivity index (χ0n) is 22.9. The molecule has 0 radical (unpaired) electrons. The molecule has 1 atom stereocenters. The lowest BCUT2D eigenvalue weighted by atomic mass is 9.95. The van der Waals surface area contributed by atoms with Crippen LogP contribution in [0, 0.1) is 6.92 Å². The predicted molar refractivity (Wildman–Crippen MR) is 151 cm³/mol. The fourth-order valence-corrected chi connectivity index (χ4v) is 6.55. The first-order valence-corrected chi connectivity index (χ1v) is 14.4. The number of para-hydroxylation sites is 1. The Morgan fingerprint density at radius 1 is 1.00 bits per heavy atom. The molecule has 0 amide bonds. The summed E-state index contributed by atoms with van der Waals surface area (Å²) in [6.45, 7) is 6.51. The lowest BCUT2D eigenvalue weighted by molar-refractivity contribution is 0.0982. The Bertz CT molecular complexity index is 1570. The zero-order chi connectivity index (χ0) is 27.1. The molecule has 40 heavy (non-hydrogen) atoms. The van der Waals surface area contributed by atoms with Crippen LogP contribution in [0.15, 0.2) is 47.3 Å². The van der Waals surface area contributed by atoms with Crippen LogP contribution in [0.1, 0.15) is 66.7 Å². The second-order valence-corrected chi connectivity index (χ2v) is 11.3. The van der Waals surface area contributed by atoms with Gasteiger partial charge < -0.3 is 14.5 Å². The van der Waals surface area contributed by atoms with Crippen molar-refractivity contribution in [3.8, 4) is 11.5 Å². The largest absolute Gasteiger partial charge is 0.454 e. The monoisotopic (exact) mass is 541 g/mol. The molecule has 2 fully saturated rings. The molecule has 10 nitrogen and oxygen atoms in total. The fourth-order valence-electron chi connectivity index (χ4n) is 6.55. The van der Waals surface area contributed by atoms with Gasteiger partial charge in [-0.3, -0.25) is 14.6 Å². The minimum atomic E-state index is -0.321. The van der Waals surface area contributed by atoms with Gasteiger partial charge in [-0.05, 0) is 64.9 Å². The summed E-state index contributed by atoms with van der Waals surface area (Å²) < 4.78 is 13.1. The van der Waals surface area contributed by atoms with Gasteiger partial charge in [0.2, 0.25) is 6.79 Å². The number of pyridine rings is 1. The average molecular weight is 542 g/mol. The molecule has 2 aromatic heterocycles. The summed E-state index contributed by atoms with van der Waals surface area (Å²) in [5.74, 6) is 2.40. The van der Waals surface area contributed by atoms with Crippen molar-refractivity contribution >= 4 is 10.9 Å². The number of aryl methyl sites for hydroxylation is 1. The van der Waals surface area contributed by atoms with Gasteiger partial charge in [-0.25, -0.2) is 4.68 Å². The number of piperazine rings is 1. The summed E-state index contributed by atoms with van der Waals surface area (Å²) in [6.07, 6.45) is 5.76. The number of aromatic nitrogens is 5. The highest BCUT2D eigenvalue weighted by Crippen LogP contribution is 2.35. The molecule has 3 aliphatic rings. The van der Waals surface area contributed by atoms with Gasteiger partial charge in [-0.1, -0.05) is 43.5 Å². The van der Waals surface area contributed by atoms with Crippen molar-refractivity contribution in [3.63, 3.8) is 0 Å². The Labute approximate surface area is 232 Å². The quantitative estimate of drug-likeness (QED) is 0.392. The zero-order valence-corrected chi connectivity index (χ0v) is 22.9. The number of nitrogens with zero attached hydrogens (tertiary/aromatic N) is 6. The minimum Gasteiger partial charge on any atom is -0.454 e. The van der Waals surface area contributed by atoms with Crippen LogP contribution in [0.4, 0.5) is 0 Å². The second-order valence-electron chi connectivity index (χ2n) is 11.3. The average Bonchev–Trinajstić information content (AvgIpc) is 3.65. The molecule has 2 aromatic carbocycles. The number of aromatic amines is 1. The molecule has 2 aliphatic heterocycles. The maximum absolute atomic E-state index is 13.7. The van der Waals surface area contributed by atoms with Crippen molar-refractivity contribution in [3.05, 3.63) is 75.3 Å². The number of hydrogen-bond acceptors (Lipinski definition) is 8. The highest BCUT2D eigenvalue weighted by Gasteiger charge is 2.34. The Morgan fingerprint density at radius 2 is 1.82 bits per heavy atom. The van der Waals surface area contributed by atoms with E-state index in [1.807, 2.05) is 35.9 Å². The normalized spacial score (nSPS) is 19.3. The third-order valence-corrected chi connectivity index (χ3v) is 8.71. The first kappa shape index (κ1) is 25.2. The van der Waals surface area contributed by atoms with E-state index in [9.17, 15) is 4.79 Å². The van der Waals surface area contributed by atoms with Gasteiger partial charge >= 0.3 is 0 Å². The number of hydrogen-bond donors (Lipinski definition) is 1. The Kier molecular flexibility index (Phi) is 6.73. The molecule has 0 spiro atoms. The van der Waals surface area contributed by atoms with Crippen LogP contribution in [0.3, 0.4) is 0 Å². The van der Waals surface area contributed by atoms with E-state index in [0.717, 1.165) is 79.4 Å². The molecule has 4 aromatic rings. The van der Waals surface area contributed by atoms with Crippen LogP contribution in [0.25, 0.3) is 10.9 Å². The molecule has 10 heteroatoms. The summed E-state index contributed by atoms with van der Waals surface area (Å²) in [5, 5.41) is 14.2. The van der Waals surface area contributed by atoms with E-state index in [1.165, 1.54) is 24.8 Å². The maximum Gasteiger partial charge on any atom is 0.253 e. The summed E-state index contributed by atoms with van der Waals surface area (Å²) in [4.78, 5) is 21.7. The van der Waals surface area contributed by atoms with Crippen LogP contribution in [0.5, 0.6) is 11.5 Å². The van der Waals surface area contributed by atoms with Crippen LogP contribution in [0.2, 0.25) is 0 Å². The van der Waals surface area contributed by atoms with E-state index in [2.05, 4.69) is 48.5 Å². The van der Waals surface area contributed by atoms with Gasteiger partial charge in [0.25, 0.3) is 5.56 Å². The lowest BCUT2D eigenvalue weighted by Crippen LogP contribution is -2.48. The van der Waals surface area contributed by atoms with Gasteiger partial charge in [0.15, 0.2) is 17.3 Å². The number of benzene rings is 2. The van der Waals surface area contributed by atoms with Crippen molar-refractivity contribution < 1.29 is 9.47 Å². The minimum absolute atomic E-state index is 0.0761. The van der Waals surface area contributed by atoms with Crippen LogP contribution in [-0.2, 0) is 6.54 Å². The third-order valence-electron chi connectivity index (χ3n) is 8.71. The fraction of sp³-hybridized carbons (Fsp3) is 0.467. The summed E-state index contributed by atoms with van der Waals surface area (Å²) in [6, 6.07) is 14.3. The highest BCUT2D eigenvalue weighted by atomic mass is 16.7. The summed E-state index contributed by atoms with van der Waals surface area (Å²) in [5.41, 5.74) is 3.77. The van der Waals surface area contributed by atoms with E-state index in [4.69, 9.17) is 9.47 Å². The number of tetrazole rings is 1. The number of ether oxygens (including phenoxy) is 2. The Morgan fingerprint density at radius 3 is 2.67 bits per heavy atom. The van der Waals surface area contributed by atoms with Crippen molar-refractivity contribution in [1.29, 1.82) is 0 Å². The summed E-state index contributed by atoms with van der Waals surface area (Å²) in [7, 11) is 0. The molecule has 0 bridgehead atoms. The molecule has 0 unspecified atom stereocenters. The van der Waals surface area contributed by atoms with Gasteiger partial charge in [-0.15, -0.1) is 5.10 Å². The van der Waals surface area contributed by atoms with Crippen LogP contribution >= 0.6 is 0 Å². The number of rotatable bonds is 6. The predicted octanol–water partition coefficient (Wildman–Crippen LogP) is 3.96. The van der Waals surface area contributed by atoms with E-state index >= 15 is 0 Å². The molecule has 4 heterocycles. The standard InChI is InChI=1S/C30H35N7O3/c1-20-6-5-7-22-17-24(30(38)31-27(20)22)28(29-32-33-34-37(29)23-8-3-2-4-9-23)36-14-12-35(13-15-36)18-21-10-11-25-26(16-21)40-19-39-25/h5-7,10-11,16-17,23,28H,2-4,8-9,12-15,18-19H2,1H3,(H,31,38)/t28-/m1/s1. The van der Waals surface area contributed by atoms with Gasteiger partial charge in [0, 0.05) is 38.3 Å². The smallest absolute Gasteiger partial charge is 0.253 e. The molecule has 7 rings (SSSR count). The molecule has 1 saturated carbocycles. The number of H-pyrrole nitrogens is 1. The van der Waals surface area contributed by atoms with E-state index in [0.29, 0.717) is 5.56 Å². The first-order chi connectivity index (χ1) is 19.6. The van der Waals surface area contributed by atoms with Gasteiger partial charge in [-0.2, -0.15) is 0 Å².